The van der Waals surface area contributed by atoms with Gasteiger partial charge in [-0.1, -0.05) is 0 Å². The van der Waals surface area contributed by atoms with E-state index in [-0.39, 0.29) is 17.9 Å². The summed E-state index contributed by atoms with van der Waals surface area (Å²) in [5, 5.41) is 7.82. The number of nitrogens with zero attached hydrogens (tertiary/aromatic N) is 5. The number of aromatic nitrogens is 4. The number of carbonyl (C=O) groups is 1. The Bertz CT molecular complexity index is 841. The molecule has 4 rings (SSSR count). The van der Waals surface area contributed by atoms with Crippen LogP contribution < -0.4 is 5.32 Å². The molecule has 1 aliphatic heterocycles. The van der Waals surface area contributed by atoms with Crippen LogP contribution >= 0.6 is 0 Å². The summed E-state index contributed by atoms with van der Waals surface area (Å²) in [6.45, 7) is 4.77. The Kier molecular flexibility index (Phi) is 4.17. The molecule has 0 spiro atoms. The lowest BCUT2D eigenvalue weighted by Gasteiger charge is -2.25. The summed E-state index contributed by atoms with van der Waals surface area (Å²) in [5.74, 6) is 2.72. The van der Waals surface area contributed by atoms with Crippen molar-refractivity contribution < 1.29 is 4.79 Å². The molecule has 0 radical (unpaired) electrons. The van der Waals surface area contributed by atoms with Crippen LogP contribution in [0.1, 0.15) is 54.0 Å². The number of likely N-dealkylation sites (tertiary alicyclic amines) is 1. The smallest absolute Gasteiger partial charge is 0.223 e. The van der Waals surface area contributed by atoms with Gasteiger partial charge in [0.25, 0.3) is 0 Å². The number of anilines is 1. The summed E-state index contributed by atoms with van der Waals surface area (Å²) in [6, 6.07) is 2.03. The summed E-state index contributed by atoms with van der Waals surface area (Å²) >= 11 is 0. The molecule has 0 unspecified atom stereocenters. The quantitative estimate of drug-likeness (QED) is 0.892. The van der Waals surface area contributed by atoms with Crippen LogP contribution in [0.25, 0.3) is 0 Å². The van der Waals surface area contributed by atoms with Gasteiger partial charge in [-0.25, -0.2) is 9.97 Å². The topological polar surface area (TPSA) is 75.9 Å². The molecule has 1 aliphatic carbocycles. The van der Waals surface area contributed by atoms with Gasteiger partial charge in [0.2, 0.25) is 5.91 Å². The number of aryl methyl sites for hydroxylation is 2. The van der Waals surface area contributed by atoms with Crippen molar-refractivity contribution in [2.24, 2.45) is 13.0 Å². The third-order valence-electron chi connectivity index (χ3n) is 5.65. The molecule has 2 aromatic rings. The number of hydrogen-bond donors (Lipinski definition) is 1. The molecular weight excluding hydrogens is 328 g/mol. The predicted molar refractivity (Wildman–Crippen MR) is 98.8 cm³/mol. The number of amides is 1. The van der Waals surface area contributed by atoms with E-state index in [0.29, 0.717) is 18.9 Å². The van der Waals surface area contributed by atoms with Gasteiger partial charge in [0.05, 0.1) is 12.2 Å². The minimum Gasteiger partial charge on any atom is -0.370 e. The van der Waals surface area contributed by atoms with E-state index in [1.807, 2.05) is 42.9 Å². The minimum atomic E-state index is 0.0505. The van der Waals surface area contributed by atoms with Crippen molar-refractivity contribution in [2.75, 3.05) is 18.9 Å². The number of nitrogens with one attached hydrogen (secondary N) is 1. The van der Waals surface area contributed by atoms with Gasteiger partial charge in [-0.05, 0) is 26.7 Å². The first-order valence-corrected chi connectivity index (χ1v) is 9.27. The lowest BCUT2D eigenvalue weighted by molar-refractivity contribution is -0.127. The predicted octanol–water partition coefficient (Wildman–Crippen LogP) is 2.34. The summed E-state index contributed by atoms with van der Waals surface area (Å²) in [5.41, 5.74) is 3.23. The summed E-state index contributed by atoms with van der Waals surface area (Å²) in [6.07, 6.45) is 4.81. The SMILES string of the molecule is Cc1cc(NC[C@@H]2CC(=O)N(C)[C@H]2c2cnn(C)c2C)nc(C2CC2)n1. The normalized spacial score (nSPS) is 22.9. The molecule has 0 bridgehead atoms. The van der Waals surface area contributed by atoms with Crippen LogP contribution in [-0.4, -0.2) is 44.1 Å². The van der Waals surface area contributed by atoms with Crippen LogP contribution in [0.4, 0.5) is 5.82 Å². The maximum Gasteiger partial charge on any atom is 0.223 e. The molecule has 1 amide bonds. The molecule has 1 saturated carbocycles. The van der Waals surface area contributed by atoms with Crippen molar-refractivity contribution in [2.45, 2.75) is 45.1 Å². The maximum atomic E-state index is 12.3. The van der Waals surface area contributed by atoms with E-state index >= 15 is 0 Å². The van der Waals surface area contributed by atoms with Crippen molar-refractivity contribution in [3.05, 3.63) is 35.0 Å². The third-order valence-corrected chi connectivity index (χ3v) is 5.65. The minimum absolute atomic E-state index is 0.0505. The number of rotatable bonds is 5. The van der Waals surface area contributed by atoms with Crippen LogP contribution in [0.3, 0.4) is 0 Å². The second kappa shape index (κ2) is 6.37. The average Bonchev–Trinajstić information content (AvgIpc) is 3.36. The molecular formula is C19H26N6O. The Labute approximate surface area is 153 Å². The van der Waals surface area contributed by atoms with Gasteiger partial charge in [0, 0.05) is 61.9 Å². The Morgan fingerprint density at radius 3 is 2.65 bits per heavy atom. The molecule has 0 aromatic carbocycles. The van der Waals surface area contributed by atoms with Crippen molar-refractivity contribution in [3.63, 3.8) is 0 Å². The first-order chi connectivity index (χ1) is 12.4. The van der Waals surface area contributed by atoms with Gasteiger partial charge >= 0.3 is 0 Å². The van der Waals surface area contributed by atoms with Crippen molar-refractivity contribution in [1.29, 1.82) is 0 Å². The van der Waals surface area contributed by atoms with Gasteiger partial charge in [-0.15, -0.1) is 0 Å². The second-order valence-electron chi connectivity index (χ2n) is 7.63. The highest BCUT2D eigenvalue weighted by Gasteiger charge is 2.40. The molecule has 1 saturated heterocycles. The maximum absolute atomic E-state index is 12.3. The van der Waals surface area contributed by atoms with E-state index in [0.717, 1.165) is 28.6 Å². The second-order valence-corrected chi connectivity index (χ2v) is 7.63. The van der Waals surface area contributed by atoms with Crippen molar-refractivity contribution in [3.8, 4) is 0 Å². The molecule has 7 nitrogen and oxygen atoms in total. The molecule has 26 heavy (non-hydrogen) atoms. The van der Waals surface area contributed by atoms with Crippen LogP contribution in [0, 0.1) is 19.8 Å². The van der Waals surface area contributed by atoms with E-state index in [9.17, 15) is 4.79 Å². The van der Waals surface area contributed by atoms with E-state index in [1.165, 1.54) is 12.8 Å². The average molecular weight is 354 g/mol. The van der Waals surface area contributed by atoms with E-state index in [2.05, 4.69) is 27.3 Å². The Balaban J connectivity index is 1.53. The van der Waals surface area contributed by atoms with E-state index in [4.69, 9.17) is 0 Å². The number of carbonyl (C=O) groups excluding carboxylic acids is 1. The third kappa shape index (κ3) is 3.06. The lowest BCUT2D eigenvalue weighted by Crippen LogP contribution is -2.27. The highest BCUT2D eigenvalue weighted by atomic mass is 16.2. The molecule has 2 fully saturated rings. The van der Waals surface area contributed by atoms with Crippen LogP contribution in [0.2, 0.25) is 0 Å². The van der Waals surface area contributed by atoms with Gasteiger partial charge in [-0.3, -0.25) is 9.48 Å². The molecule has 2 atom stereocenters. The van der Waals surface area contributed by atoms with Gasteiger partial charge in [-0.2, -0.15) is 5.10 Å². The van der Waals surface area contributed by atoms with Crippen LogP contribution in [0.5, 0.6) is 0 Å². The van der Waals surface area contributed by atoms with Gasteiger partial charge < -0.3 is 10.2 Å². The van der Waals surface area contributed by atoms with Crippen LogP contribution in [0.15, 0.2) is 12.3 Å². The van der Waals surface area contributed by atoms with E-state index in [1.54, 1.807) is 0 Å². The zero-order chi connectivity index (χ0) is 18.4. The van der Waals surface area contributed by atoms with Crippen LogP contribution in [-0.2, 0) is 11.8 Å². The zero-order valence-corrected chi connectivity index (χ0v) is 15.9. The highest BCUT2D eigenvalue weighted by Crippen LogP contribution is 2.39. The van der Waals surface area contributed by atoms with Gasteiger partial charge in [0.15, 0.2) is 0 Å². The molecule has 7 heteroatoms. The fourth-order valence-corrected chi connectivity index (χ4v) is 3.85. The highest BCUT2D eigenvalue weighted by molar-refractivity contribution is 5.79. The number of hydrogen-bond acceptors (Lipinski definition) is 5. The van der Waals surface area contributed by atoms with Crippen molar-refractivity contribution in [1.82, 2.24) is 24.6 Å². The van der Waals surface area contributed by atoms with Gasteiger partial charge in [0.1, 0.15) is 11.6 Å². The first-order valence-electron chi connectivity index (χ1n) is 9.27. The molecule has 3 heterocycles. The summed E-state index contributed by atoms with van der Waals surface area (Å²) < 4.78 is 1.87. The molecule has 1 N–H and O–H groups in total. The first kappa shape index (κ1) is 17.0. The lowest BCUT2D eigenvalue weighted by atomic mass is 9.94. The zero-order valence-electron chi connectivity index (χ0n) is 15.9. The Hall–Kier alpha value is -2.44. The molecule has 138 valence electrons. The van der Waals surface area contributed by atoms with E-state index < -0.39 is 0 Å². The fourth-order valence-electron chi connectivity index (χ4n) is 3.85. The Morgan fingerprint density at radius 2 is 2.00 bits per heavy atom. The molecule has 2 aromatic heterocycles. The fraction of sp³-hybridized carbons (Fsp3) is 0.579. The summed E-state index contributed by atoms with van der Waals surface area (Å²) in [7, 11) is 3.82. The monoisotopic (exact) mass is 354 g/mol. The largest absolute Gasteiger partial charge is 0.370 e. The van der Waals surface area contributed by atoms with Crippen molar-refractivity contribution >= 4 is 11.7 Å². The standard InChI is InChI=1S/C19H26N6O/c1-11-7-16(23-19(22-11)13-5-6-13)20-9-14-8-17(26)24(3)18(14)15-10-21-25(4)12(15)2/h7,10,13-14,18H,5-6,8-9H2,1-4H3,(H,20,22,23)/t14-,18+/m0/s1. The Morgan fingerprint density at radius 1 is 1.23 bits per heavy atom. The molecule has 2 aliphatic rings. The summed E-state index contributed by atoms with van der Waals surface area (Å²) in [4.78, 5) is 23.4.